The number of unbranched alkanes of at least 4 members (excludes halogenated alkanes) is 38. The second kappa shape index (κ2) is 51.2. The Morgan fingerprint density at radius 2 is 0.770 bits per heavy atom. The molecule has 3 N–H and O–H groups in total. The maximum Gasteiger partial charge on any atom is 0.305 e. The van der Waals surface area contributed by atoms with Crippen LogP contribution >= 0.6 is 0 Å². The molecule has 0 aromatic rings. The number of amides is 1. The Bertz CT molecular complexity index is 909. The number of allylic oxidation sites excluding steroid dienone is 2. The fourth-order valence-corrected chi connectivity index (χ4v) is 8.58. The van der Waals surface area contributed by atoms with Gasteiger partial charge in [0.25, 0.3) is 0 Å². The second-order valence-corrected chi connectivity index (χ2v) is 18.9. The quantitative estimate of drug-likeness (QED) is 0.0322. The van der Waals surface area contributed by atoms with Gasteiger partial charge in [-0.25, -0.2) is 0 Å². The van der Waals surface area contributed by atoms with Crippen LogP contribution in [0.5, 0.6) is 0 Å². The number of carbonyl (C=O) groups excluding carboxylic acids is 2. The average molecular weight is 862 g/mol. The van der Waals surface area contributed by atoms with Crippen molar-refractivity contribution >= 4 is 11.9 Å². The first-order chi connectivity index (χ1) is 30.0. The molecule has 0 aromatic carbocycles. The highest BCUT2D eigenvalue weighted by Gasteiger charge is 2.20. The smallest absolute Gasteiger partial charge is 0.305 e. The van der Waals surface area contributed by atoms with Gasteiger partial charge in [-0.15, -0.1) is 0 Å². The first kappa shape index (κ1) is 59.6. The van der Waals surface area contributed by atoms with Crippen LogP contribution in [-0.2, 0) is 14.3 Å². The van der Waals surface area contributed by atoms with Gasteiger partial charge >= 0.3 is 5.97 Å². The van der Waals surface area contributed by atoms with Crippen LogP contribution in [0.15, 0.2) is 12.2 Å². The lowest BCUT2D eigenvalue weighted by Gasteiger charge is -2.22. The molecule has 0 spiro atoms. The van der Waals surface area contributed by atoms with Crippen molar-refractivity contribution in [1.29, 1.82) is 0 Å². The zero-order valence-electron chi connectivity index (χ0n) is 41.2. The molecule has 2 unspecified atom stereocenters. The molecule has 0 aliphatic rings. The van der Waals surface area contributed by atoms with Gasteiger partial charge in [0.05, 0.1) is 25.4 Å². The van der Waals surface area contributed by atoms with Gasteiger partial charge in [-0.1, -0.05) is 251 Å². The lowest BCUT2D eigenvalue weighted by Crippen LogP contribution is -2.45. The van der Waals surface area contributed by atoms with Crippen molar-refractivity contribution in [3.05, 3.63) is 12.2 Å². The van der Waals surface area contributed by atoms with Crippen molar-refractivity contribution in [2.45, 2.75) is 315 Å². The van der Waals surface area contributed by atoms with Crippen molar-refractivity contribution in [1.82, 2.24) is 5.32 Å². The normalized spacial score (nSPS) is 12.7. The van der Waals surface area contributed by atoms with E-state index in [9.17, 15) is 19.8 Å². The number of esters is 1. The number of ether oxygens (including phenoxy) is 1. The van der Waals surface area contributed by atoms with E-state index in [-0.39, 0.29) is 18.5 Å². The predicted octanol–water partition coefficient (Wildman–Crippen LogP) is 16.5. The molecular weight excluding hydrogens is 755 g/mol. The summed E-state index contributed by atoms with van der Waals surface area (Å²) in [6.07, 6.45) is 59.2. The molecule has 0 aromatic heterocycles. The Morgan fingerprint density at radius 1 is 0.443 bits per heavy atom. The van der Waals surface area contributed by atoms with Crippen LogP contribution in [0.2, 0.25) is 0 Å². The van der Waals surface area contributed by atoms with E-state index in [0.717, 1.165) is 44.9 Å². The number of hydrogen-bond acceptors (Lipinski definition) is 5. The van der Waals surface area contributed by atoms with E-state index in [0.29, 0.717) is 25.9 Å². The maximum absolute atomic E-state index is 12.4. The highest BCUT2D eigenvalue weighted by molar-refractivity contribution is 5.76. The second-order valence-electron chi connectivity index (χ2n) is 18.9. The number of hydrogen-bond donors (Lipinski definition) is 3. The summed E-state index contributed by atoms with van der Waals surface area (Å²) in [6.45, 7) is 4.92. The molecule has 2 atom stereocenters. The summed E-state index contributed by atoms with van der Waals surface area (Å²) >= 11 is 0. The van der Waals surface area contributed by atoms with E-state index >= 15 is 0 Å². The van der Waals surface area contributed by atoms with Crippen LogP contribution in [0, 0.1) is 0 Å². The standard InChI is InChI=1S/C55H107NO5/c1-3-5-7-9-11-13-14-15-26-29-33-37-41-45-49-55(60)61-50-46-42-38-34-30-27-24-22-20-18-16-17-19-21-23-25-28-32-36-40-44-48-54(59)56-52(51-57)53(58)47-43-39-35-31-12-10-8-6-4-2/h14-15,52-53,57-58H,3-13,16-51H2,1-2H3,(H,56,59)/b15-14-. The summed E-state index contributed by atoms with van der Waals surface area (Å²) in [6, 6.07) is -0.539. The van der Waals surface area contributed by atoms with Gasteiger partial charge in [-0.3, -0.25) is 9.59 Å². The van der Waals surface area contributed by atoms with E-state index in [2.05, 4.69) is 31.3 Å². The Kier molecular flexibility index (Phi) is 50.1. The summed E-state index contributed by atoms with van der Waals surface area (Å²) < 4.78 is 5.47. The molecule has 0 aliphatic carbocycles. The molecule has 0 aliphatic heterocycles. The minimum absolute atomic E-state index is 0.00350. The first-order valence-electron chi connectivity index (χ1n) is 27.4. The molecule has 6 nitrogen and oxygen atoms in total. The third kappa shape index (κ3) is 47.9. The average Bonchev–Trinajstić information content (AvgIpc) is 3.26. The maximum atomic E-state index is 12.4. The molecule has 1 amide bonds. The van der Waals surface area contributed by atoms with Gasteiger partial charge < -0.3 is 20.3 Å². The van der Waals surface area contributed by atoms with Gasteiger partial charge in [0.1, 0.15) is 0 Å². The highest BCUT2D eigenvalue weighted by atomic mass is 16.5. The Balaban J connectivity index is 3.35. The monoisotopic (exact) mass is 862 g/mol. The van der Waals surface area contributed by atoms with Crippen LogP contribution in [0.25, 0.3) is 0 Å². The van der Waals surface area contributed by atoms with E-state index < -0.39 is 12.1 Å². The highest BCUT2D eigenvalue weighted by Crippen LogP contribution is 2.17. The third-order valence-corrected chi connectivity index (χ3v) is 12.8. The Morgan fingerprint density at radius 3 is 1.16 bits per heavy atom. The van der Waals surface area contributed by atoms with Crippen molar-refractivity contribution in [3.8, 4) is 0 Å². The first-order valence-corrected chi connectivity index (χ1v) is 27.4. The SMILES string of the molecule is CCCCCCC/C=C\CCCCCCCC(=O)OCCCCCCCCCCCCCCCCCCCCCCCC(=O)NC(CO)C(O)CCCCCCCCCCC. The fourth-order valence-electron chi connectivity index (χ4n) is 8.58. The van der Waals surface area contributed by atoms with Gasteiger partial charge in [-0.2, -0.15) is 0 Å². The zero-order chi connectivity index (χ0) is 44.4. The largest absolute Gasteiger partial charge is 0.466 e. The summed E-state index contributed by atoms with van der Waals surface area (Å²) in [5.74, 6) is -0.0343. The van der Waals surface area contributed by atoms with Crippen LogP contribution < -0.4 is 5.32 Å². The van der Waals surface area contributed by atoms with Crippen molar-refractivity contribution in [2.75, 3.05) is 13.2 Å². The summed E-state index contributed by atoms with van der Waals surface area (Å²) in [4.78, 5) is 24.4. The minimum Gasteiger partial charge on any atom is -0.466 e. The van der Waals surface area contributed by atoms with E-state index in [1.54, 1.807) is 0 Å². The molecule has 0 bridgehead atoms. The Hall–Kier alpha value is -1.40. The van der Waals surface area contributed by atoms with E-state index in [4.69, 9.17) is 4.74 Å². The molecule has 6 heteroatoms. The zero-order valence-corrected chi connectivity index (χ0v) is 41.2. The van der Waals surface area contributed by atoms with Crippen molar-refractivity contribution in [2.24, 2.45) is 0 Å². The van der Waals surface area contributed by atoms with Crippen molar-refractivity contribution < 1.29 is 24.5 Å². The number of aliphatic hydroxyl groups excluding tert-OH is 2. The predicted molar refractivity (Wildman–Crippen MR) is 264 cm³/mol. The molecule has 0 saturated carbocycles. The van der Waals surface area contributed by atoms with Crippen molar-refractivity contribution in [3.63, 3.8) is 0 Å². The van der Waals surface area contributed by atoms with Gasteiger partial charge in [0.15, 0.2) is 0 Å². The molecule has 0 fully saturated rings. The molecule has 61 heavy (non-hydrogen) atoms. The van der Waals surface area contributed by atoms with E-state index in [1.165, 1.54) is 225 Å². The molecule has 362 valence electrons. The van der Waals surface area contributed by atoms with Crippen LogP contribution in [0.4, 0.5) is 0 Å². The number of aliphatic hydroxyl groups is 2. The molecular formula is C55H107NO5. The minimum atomic E-state index is -0.662. The molecule has 0 heterocycles. The number of carbonyl (C=O) groups is 2. The summed E-state index contributed by atoms with van der Waals surface area (Å²) in [5.41, 5.74) is 0. The topological polar surface area (TPSA) is 95.9 Å². The Labute approximate surface area is 380 Å². The molecule has 0 rings (SSSR count). The lowest BCUT2D eigenvalue weighted by atomic mass is 10.0. The fraction of sp³-hybridized carbons (Fsp3) is 0.927. The summed E-state index contributed by atoms with van der Waals surface area (Å²) in [5, 5.41) is 23.1. The van der Waals surface area contributed by atoms with E-state index in [1.807, 2.05) is 0 Å². The van der Waals surface area contributed by atoms with Gasteiger partial charge in [0.2, 0.25) is 5.91 Å². The summed E-state index contributed by atoms with van der Waals surface area (Å²) in [7, 11) is 0. The van der Waals surface area contributed by atoms with Crippen LogP contribution in [0.3, 0.4) is 0 Å². The lowest BCUT2D eigenvalue weighted by molar-refractivity contribution is -0.143. The molecule has 0 saturated heterocycles. The third-order valence-electron chi connectivity index (χ3n) is 12.8. The number of nitrogens with one attached hydrogen (secondary N) is 1. The van der Waals surface area contributed by atoms with Gasteiger partial charge in [0, 0.05) is 12.8 Å². The molecule has 0 radical (unpaired) electrons. The van der Waals surface area contributed by atoms with Crippen LogP contribution in [0.1, 0.15) is 303 Å². The van der Waals surface area contributed by atoms with Crippen LogP contribution in [-0.4, -0.2) is 47.4 Å². The number of rotatable bonds is 51. The van der Waals surface area contributed by atoms with Gasteiger partial charge in [-0.05, 0) is 51.4 Å².